The number of carbonyl (C=O) groups is 2. The quantitative estimate of drug-likeness (QED) is 0.515. The maximum absolute atomic E-state index is 12.4. The first-order chi connectivity index (χ1) is 17.2. The Labute approximate surface area is 214 Å². The molecule has 2 fully saturated rings. The second-order valence-electron chi connectivity index (χ2n) is 9.79. The second kappa shape index (κ2) is 9.03. The molecule has 1 aromatic carbocycles. The Morgan fingerprint density at radius 3 is 2.75 bits per heavy atom. The average molecular weight is 506 g/mol. The maximum Gasteiger partial charge on any atom is 0.298 e. The van der Waals surface area contributed by atoms with Gasteiger partial charge >= 0.3 is 0 Å². The minimum Gasteiger partial charge on any atom is -0.383 e. The molecular weight excluding hydrogens is 478 g/mol. The number of amides is 2. The summed E-state index contributed by atoms with van der Waals surface area (Å²) in [6, 6.07) is 7.61. The standard InChI is InChI=1S/C26H28ClN7O2/c1-3-5-21(35)32-9-8-26(15-32)11-19(12-26)34-24(28)22(25(29)36)23(31-34)20-14-33(30-16(20)2)13-17-6-4-7-18(27)10-17/h4,6-7,10,14,19H,8-9,11-13,15,28H2,1-2H3,(H2,29,36)/t19-,26-. The van der Waals surface area contributed by atoms with Crippen LogP contribution in [0.4, 0.5) is 5.82 Å². The first-order valence-corrected chi connectivity index (χ1v) is 12.3. The van der Waals surface area contributed by atoms with Crippen molar-refractivity contribution < 1.29 is 9.59 Å². The lowest BCUT2D eigenvalue weighted by Crippen LogP contribution is -2.42. The smallest absolute Gasteiger partial charge is 0.298 e. The van der Waals surface area contributed by atoms with Gasteiger partial charge in [0, 0.05) is 29.9 Å². The number of nitrogens with two attached hydrogens (primary N) is 2. The van der Waals surface area contributed by atoms with Gasteiger partial charge in [0.15, 0.2) is 0 Å². The van der Waals surface area contributed by atoms with Crippen molar-refractivity contribution >= 4 is 29.2 Å². The summed E-state index contributed by atoms with van der Waals surface area (Å²) in [5.74, 6) is 4.82. The molecule has 4 N–H and O–H groups in total. The lowest BCUT2D eigenvalue weighted by Gasteiger charge is -2.45. The van der Waals surface area contributed by atoms with Crippen molar-refractivity contribution in [3.8, 4) is 23.1 Å². The molecule has 2 aromatic heterocycles. The molecule has 0 unspecified atom stereocenters. The molecule has 9 nitrogen and oxygen atoms in total. The summed E-state index contributed by atoms with van der Waals surface area (Å²) in [5, 5.41) is 10.0. The van der Waals surface area contributed by atoms with Crippen molar-refractivity contribution in [3.63, 3.8) is 0 Å². The molecule has 186 valence electrons. The third-order valence-electron chi connectivity index (χ3n) is 7.27. The monoisotopic (exact) mass is 505 g/mol. The molecule has 0 bridgehead atoms. The van der Waals surface area contributed by atoms with Crippen molar-refractivity contribution in [3.05, 3.63) is 52.3 Å². The fraction of sp³-hybridized carbons (Fsp3) is 0.385. The van der Waals surface area contributed by atoms with Gasteiger partial charge in [-0.25, -0.2) is 4.68 Å². The highest BCUT2D eigenvalue weighted by Gasteiger charge is 2.51. The lowest BCUT2D eigenvalue weighted by atomic mass is 9.65. The number of halogens is 1. The molecular formula is C26H28ClN7O2. The van der Waals surface area contributed by atoms with Crippen LogP contribution in [0.15, 0.2) is 30.5 Å². The number of rotatable bonds is 5. The van der Waals surface area contributed by atoms with E-state index in [1.54, 1.807) is 16.3 Å². The van der Waals surface area contributed by atoms with E-state index in [1.165, 1.54) is 0 Å². The van der Waals surface area contributed by atoms with E-state index in [4.69, 9.17) is 28.2 Å². The molecule has 3 heterocycles. The number of nitrogens with zero attached hydrogens (tertiary/aromatic N) is 5. The Balaban J connectivity index is 1.39. The zero-order chi connectivity index (χ0) is 25.6. The molecule has 1 spiro atoms. The topological polar surface area (TPSA) is 125 Å². The average Bonchev–Trinajstić information content (AvgIpc) is 3.48. The Kier molecular flexibility index (Phi) is 6.00. The number of anilines is 1. The van der Waals surface area contributed by atoms with Crippen molar-refractivity contribution in [2.45, 2.75) is 45.7 Å². The Morgan fingerprint density at radius 2 is 2.06 bits per heavy atom. The third-order valence-corrected chi connectivity index (χ3v) is 7.50. The number of aryl methyl sites for hydroxylation is 1. The van der Waals surface area contributed by atoms with Crippen LogP contribution in [0.2, 0.25) is 5.02 Å². The Morgan fingerprint density at radius 1 is 1.28 bits per heavy atom. The van der Waals surface area contributed by atoms with Gasteiger partial charge in [0.25, 0.3) is 11.8 Å². The molecule has 0 atom stereocenters. The minimum atomic E-state index is -0.624. The van der Waals surface area contributed by atoms with Crippen LogP contribution in [0.3, 0.4) is 0 Å². The Hall–Kier alpha value is -3.77. The molecule has 3 aromatic rings. The number of carbonyl (C=O) groups excluding carboxylic acids is 2. The summed E-state index contributed by atoms with van der Waals surface area (Å²) in [4.78, 5) is 26.4. The van der Waals surface area contributed by atoms with Gasteiger partial charge in [-0.1, -0.05) is 29.7 Å². The summed E-state index contributed by atoms with van der Waals surface area (Å²) >= 11 is 6.12. The largest absolute Gasteiger partial charge is 0.383 e. The predicted molar refractivity (Wildman–Crippen MR) is 137 cm³/mol. The van der Waals surface area contributed by atoms with Crippen LogP contribution in [0.5, 0.6) is 0 Å². The minimum absolute atomic E-state index is 0.0333. The molecule has 1 aliphatic heterocycles. The van der Waals surface area contributed by atoms with E-state index in [1.807, 2.05) is 42.3 Å². The van der Waals surface area contributed by atoms with E-state index in [-0.39, 0.29) is 28.7 Å². The van der Waals surface area contributed by atoms with E-state index >= 15 is 0 Å². The highest BCUT2D eigenvalue weighted by molar-refractivity contribution is 6.30. The number of hydrogen-bond acceptors (Lipinski definition) is 5. The molecule has 10 heteroatoms. The van der Waals surface area contributed by atoms with Gasteiger partial charge in [-0.05, 0) is 62.1 Å². The van der Waals surface area contributed by atoms with Crippen molar-refractivity contribution in [1.29, 1.82) is 0 Å². The van der Waals surface area contributed by atoms with Crippen LogP contribution in [0.1, 0.15) is 53.8 Å². The van der Waals surface area contributed by atoms with E-state index in [0.717, 1.165) is 30.5 Å². The third kappa shape index (κ3) is 4.22. The van der Waals surface area contributed by atoms with Crippen LogP contribution in [-0.4, -0.2) is 49.4 Å². The summed E-state index contributed by atoms with van der Waals surface area (Å²) in [5.41, 5.74) is 15.3. The molecule has 2 aliphatic rings. The lowest BCUT2D eigenvalue weighted by molar-refractivity contribution is -0.125. The van der Waals surface area contributed by atoms with E-state index < -0.39 is 5.91 Å². The molecule has 5 rings (SSSR count). The highest BCUT2D eigenvalue weighted by atomic mass is 35.5. The number of nitrogen functional groups attached to an aromatic ring is 1. The number of benzene rings is 1. The summed E-state index contributed by atoms with van der Waals surface area (Å²) in [6.07, 6.45) is 4.43. The van der Waals surface area contributed by atoms with Crippen molar-refractivity contribution in [1.82, 2.24) is 24.5 Å². The summed E-state index contributed by atoms with van der Waals surface area (Å²) < 4.78 is 3.52. The van der Waals surface area contributed by atoms with Crippen LogP contribution >= 0.6 is 11.6 Å². The first kappa shape index (κ1) is 23.9. The first-order valence-electron chi connectivity index (χ1n) is 11.9. The number of primary amides is 1. The van der Waals surface area contributed by atoms with E-state index in [0.29, 0.717) is 35.9 Å². The van der Waals surface area contributed by atoms with E-state index in [9.17, 15) is 9.59 Å². The zero-order valence-electron chi connectivity index (χ0n) is 20.3. The Bertz CT molecular complexity index is 1420. The van der Waals surface area contributed by atoms with Gasteiger partial charge in [-0.15, -0.1) is 0 Å². The fourth-order valence-electron chi connectivity index (χ4n) is 5.55. The molecule has 1 saturated heterocycles. The summed E-state index contributed by atoms with van der Waals surface area (Å²) in [7, 11) is 0. The molecule has 0 radical (unpaired) electrons. The van der Waals surface area contributed by atoms with Crippen LogP contribution in [-0.2, 0) is 11.3 Å². The molecule has 36 heavy (non-hydrogen) atoms. The van der Waals surface area contributed by atoms with E-state index in [2.05, 4.69) is 16.9 Å². The second-order valence-corrected chi connectivity index (χ2v) is 10.2. The van der Waals surface area contributed by atoms with Gasteiger partial charge in [0.1, 0.15) is 17.1 Å². The van der Waals surface area contributed by atoms with Gasteiger partial charge < -0.3 is 16.4 Å². The maximum atomic E-state index is 12.4. The SMILES string of the molecule is CC#CC(=O)N1CC[C@]2(C1)C[C@H](n1nc(-c3cn(Cc4cccc(Cl)c4)nc3C)c(C(N)=O)c1N)C2. The normalized spacial score (nSPS) is 20.8. The predicted octanol–water partition coefficient (Wildman–Crippen LogP) is 3.01. The molecule has 2 amide bonds. The van der Waals surface area contributed by atoms with Gasteiger partial charge in [-0.3, -0.25) is 14.3 Å². The fourth-order valence-corrected chi connectivity index (χ4v) is 5.76. The van der Waals surface area contributed by atoms with Crippen LogP contribution in [0.25, 0.3) is 11.3 Å². The van der Waals surface area contributed by atoms with Crippen LogP contribution < -0.4 is 11.5 Å². The number of aromatic nitrogens is 4. The van der Waals surface area contributed by atoms with Crippen molar-refractivity contribution in [2.24, 2.45) is 11.1 Å². The highest BCUT2D eigenvalue weighted by Crippen LogP contribution is 2.54. The van der Waals surface area contributed by atoms with Crippen molar-refractivity contribution in [2.75, 3.05) is 18.8 Å². The van der Waals surface area contributed by atoms with Gasteiger partial charge in [0.2, 0.25) is 0 Å². The van der Waals surface area contributed by atoms with Gasteiger partial charge in [0.05, 0.1) is 18.3 Å². The summed E-state index contributed by atoms with van der Waals surface area (Å²) in [6.45, 7) is 5.44. The van der Waals surface area contributed by atoms with Crippen LogP contribution in [0, 0.1) is 24.2 Å². The molecule has 1 aliphatic carbocycles. The number of likely N-dealkylation sites (tertiary alicyclic amines) is 1. The van der Waals surface area contributed by atoms with Gasteiger partial charge in [-0.2, -0.15) is 10.2 Å². The zero-order valence-corrected chi connectivity index (χ0v) is 21.0. The number of hydrogen-bond donors (Lipinski definition) is 2. The molecule has 1 saturated carbocycles.